The lowest BCUT2D eigenvalue weighted by atomic mass is 9.77. The van der Waals surface area contributed by atoms with Crippen LogP contribution >= 0.6 is 0 Å². The van der Waals surface area contributed by atoms with Gasteiger partial charge in [-0.15, -0.1) is 0 Å². The third-order valence-electron chi connectivity index (χ3n) is 7.62. The molecule has 0 amide bonds. The Balaban J connectivity index is 1.58. The average Bonchev–Trinajstić information content (AvgIpc) is 3.43. The molecule has 7 rings (SSSR count). The van der Waals surface area contributed by atoms with Gasteiger partial charge < -0.3 is 5.11 Å². The smallest absolute Gasteiger partial charge is 0.0471 e. The van der Waals surface area contributed by atoms with Crippen molar-refractivity contribution in [3.05, 3.63) is 95.1 Å². The third kappa shape index (κ3) is 1.85. The first-order valence-electron chi connectivity index (χ1n) is 10.7. The number of aliphatic hydroxyl groups is 1. The summed E-state index contributed by atoms with van der Waals surface area (Å²) in [5.41, 5.74) is 8.85. The Kier molecular flexibility index (Phi) is 2.96. The molecule has 29 heavy (non-hydrogen) atoms. The Hall–Kier alpha value is -2.90. The van der Waals surface area contributed by atoms with Crippen LogP contribution in [-0.2, 0) is 5.41 Å². The minimum absolute atomic E-state index is 0.195. The Bertz CT molecular complexity index is 1360. The van der Waals surface area contributed by atoms with Gasteiger partial charge in [-0.2, -0.15) is 0 Å². The molecule has 0 aromatic heterocycles. The van der Waals surface area contributed by atoms with E-state index in [9.17, 15) is 5.11 Å². The van der Waals surface area contributed by atoms with Crippen molar-refractivity contribution in [3.63, 3.8) is 0 Å². The van der Waals surface area contributed by atoms with Crippen LogP contribution in [0.15, 0.2) is 72.8 Å². The molecular weight excluding hydrogens is 352 g/mol. The number of benzene rings is 4. The fourth-order valence-electron chi connectivity index (χ4n) is 6.44. The lowest BCUT2D eigenvalue weighted by Crippen LogP contribution is -2.15. The van der Waals surface area contributed by atoms with Crippen molar-refractivity contribution in [1.29, 1.82) is 0 Å². The van der Waals surface area contributed by atoms with Gasteiger partial charge in [-0.25, -0.2) is 0 Å². The number of hydrogen-bond acceptors (Lipinski definition) is 1. The lowest BCUT2D eigenvalue weighted by molar-refractivity contribution is 0.305. The molecule has 0 radical (unpaired) electrons. The molecule has 1 atom stereocenters. The van der Waals surface area contributed by atoms with Gasteiger partial charge in [0.25, 0.3) is 0 Å². The summed E-state index contributed by atoms with van der Waals surface area (Å²) in [6, 6.07) is 27.1. The maximum atomic E-state index is 9.96. The van der Waals surface area contributed by atoms with Crippen molar-refractivity contribution < 1.29 is 5.11 Å². The van der Waals surface area contributed by atoms with Crippen LogP contribution in [0, 0.1) is 0 Å². The highest BCUT2D eigenvalue weighted by Crippen LogP contribution is 2.69. The minimum Gasteiger partial charge on any atom is -0.396 e. The monoisotopic (exact) mass is 374 g/mol. The molecule has 140 valence electrons. The van der Waals surface area contributed by atoms with Gasteiger partial charge in [0.15, 0.2) is 0 Å². The summed E-state index contributed by atoms with van der Waals surface area (Å²) in [4.78, 5) is 0. The van der Waals surface area contributed by atoms with Gasteiger partial charge in [0.1, 0.15) is 0 Å². The highest BCUT2D eigenvalue weighted by molar-refractivity contribution is 6.16. The van der Waals surface area contributed by atoms with E-state index in [-0.39, 0.29) is 12.0 Å². The second-order valence-corrected chi connectivity index (χ2v) is 8.92. The van der Waals surface area contributed by atoms with E-state index in [0.29, 0.717) is 5.92 Å². The van der Waals surface area contributed by atoms with Crippen LogP contribution in [0.5, 0.6) is 0 Å². The van der Waals surface area contributed by atoms with E-state index >= 15 is 0 Å². The molecule has 1 N–H and O–H groups in total. The normalized spacial score (nSPS) is 20.4. The summed E-state index contributed by atoms with van der Waals surface area (Å²) >= 11 is 0. The second kappa shape index (κ2) is 5.37. The molecule has 0 bridgehead atoms. The van der Waals surface area contributed by atoms with Gasteiger partial charge in [-0.3, -0.25) is 0 Å². The average molecular weight is 374 g/mol. The van der Waals surface area contributed by atoms with Crippen LogP contribution < -0.4 is 0 Å². The van der Waals surface area contributed by atoms with Crippen molar-refractivity contribution in [1.82, 2.24) is 0 Å². The summed E-state index contributed by atoms with van der Waals surface area (Å²) in [6.07, 6.45) is 3.24. The third-order valence-corrected chi connectivity index (χ3v) is 7.62. The van der Waals surface area contributed by atoms with E-state index < -0.39 is 0 Å². The quantitative estimate of drug-likeness (QED) is 0.438. The zero-order valence-electron chi connectivity index (χ0n) is 16.3. The predicted molar refractivity (Wildman–Crippen MR) is 120 cm³/mol. The van der Waals surface area contributed by atoms with E-state index in [1.807, 2.05) is 0 Å². The van der Waals surface area contributed by atoms with Crippen LogP contribution in [-0.4, -0.2) is 11.7 Å². The Labute approximate surface area is 170 Å². The Morgan fingerprint density at radius 3 is 2.14 bits per heavy atom. The van der Waals surface area contributed by atoms with Crippen molar-refractivity contribution in [3.8, 4) is 0 Å². The van der Waals surface area contributed by atoms with Gasteiger partial charge in [0.2, 0.25) is 0 Å². The molecule has 4 aromatic carbocycles. The van der Waals surface area contributed by atoms with Gasteiger partial charge in [0, 0.05) is 17.9 Å². The van der Waals surface area contributed by atoms with Gasteiger partial charge >= 0.3 is 0 Å². The number of fused-ring (bicyclic) bond motifs is 1. The van der Waals surface area contributed by atoms with Crippen molar-refractivity contribution in [2.24, 2.45) is 0 Å². The molecule has 1 nitrogen and oxygen atoms in total. The maximum Gasteiger partial charge on any atom is 0.0471 e. The molecular formula is C28H22O. The van der Waals surface area contributed by atoms with E-state index in [0.717, 1.165) is 6.42 Å². The zero-order valence-corrected chi connectivity index (χ0v) is 16.3. The fourth-order valence-corrected chi connectivity index (χ4v) is 6.44. The number of rotatable bonds is 3. The van der Waals surface area contributed by atoms with E-state index in [2.05, 4.69) is 72.8 Å². The molecule has 1 spiro atoms. The maximum absolute atomic E-state index is 9.96. The molecule has 3 aliphatic rings. The Morgan fingerprint density at radius 2 is 1.41 bits per heavy atom. The highest BCUT2D eigenvalue weighted by Gasteiger charge is 2.58. The van der Waals surface area contributed by atoms with Crippen LogP contribution in [0.4, 0.5) is 0 Å². The molecule has 1 unspecified atom stereocenters. The lowest BCUT2D eigenvalue weighted by Gasteiger charge is -2.25. The first-order valence-corrected chi connectivity index (χ1v) is 10.7. The minimum atomic E-state index is 0.195. The molecule has 1 heteroatoms. The van der Waals surface area contributed by atoms with Crippen LogP contribution in [0.1, 0.15) is 47.4 Å². The van der Waals surface area contributed by atoms with Crippen molar-refractivity contribution >= 4 is 32.7 Å². The number of allylic oxidation sites excluding steroid dienone is 1. The second-order valence-electron chi connectivity index (χ2n) is 8.92. The van der Waals surface area contributed by atoms with Gasteiger partial charge in [0.05, 0.1) is 0 Å². The highest BCUT2D eigenvalue weighted by atomic mass is 16.2. The standard InChI is InChI=1S/C28H22O/c29-16-13-20-19-9-1-5-17-6-2-10-21(24(17)19)26(20)27-22-11-3-7-18-8-4-12-23(25(18)22)28(27)14-15-28/h1-12,27,29H,13-16H2. The molecule has 0 saturated heterocycles. The molecule has 0 aliphatic heterocycles. The summed E-state index contributed by atoms with van der Waals surface area (Å²) in [5.74, 6) is 0.392. The number of hydrogen-bond donors (Lipinski definition) is 1. The van der Waals surface area contributed by atoms with Crippen molar-refractivity contribution in [2.45, 2.75) is 30.6 Å². The molecule has 0 heterocycles. The summed E-state index contributed by atoms with van der Waals surface area (Å²) in [5, 5.41) is 15.5. The molecule has 3 aliphatic carbocycles. The number of aliphatic hydroxyl groups excluding tert-OH is 1. The van der Waals surface area contributed by atoms with Crippen molar-refractivity contribution in [2.75, 3.05) is 6.61 Å². The summed E-state index contributed by atoms with van der Waals surface area (Å²) < 4.78 is 0. The first-order chi connectivity index (χ1) is 14.3. The molecule has 1 fully saturated rings. The topological polar surface area (TPSA) is 20.2 Å². The Morgan fingerprint density at radius 1 is 0.759 bits per heavy atom. The summed E-state index contributed by atoms with van der Waals surface area (Å²) in [6.45, 7) is 0.195. The summed E-state index contributed by atoms with van der Waals surface area (Å²) in [7, 11) is 0. The SMILES string of the molecule is OCCC1=C(C2c3cccc4cccc(c34)C23CC3)c2cccc3cccc1c23. The molecule has 4 aromatic rings. The van der Waals surface area contributed by atoms with E-state index in [1.54, 1.807) is 5.56 Å². The van der Waals surface area contributed by atoms with Crippen LogP contribution in [0.3, 0.4) is 0 Å². The fraction of sp³-hybridized carbons (Fsp3) is 0.214. The molecule has 1 saturated carbocycles. The zero-order chi connectivity index (χ0) is 19.2. The van der Waals surface area contributed by atoms with Gasteiger partial charge in [-0.1, -0.05) is 72.8 Å². The first kappa shape index (κ1) is 16.0. The largest absolute Gasteiger partial charge is 0.396 e. The van der Waals surface area contributed by atoms with Crippen LogP contribution in [0.25, 0.3) is 32.7 Å². The predicted octanol–water partition coefficient (Wildman–Crippen LogP) is 6.43. The van der Waals surface area contributed by atoms with E-state index in [4.69, 9.17) is 0 Å². The van der Waals surface area contributed by atoms with Gasteiger partial charge in [-0.05, 0) is 74.2 Å². The van der Waals surface area contributed by atoms with Crippen LogP contribution in [0.2, 0.25) is 0 Å². The van der Waals surface area contributed by atoms with E-state index in [1.165, 1.54) is 62.2 Å².